The molecule has 78 valence electrons. The van der Waals surface area contributed by atoms with Crippen LogP contribution in [-0.4, -0.2) is 16.1 Å². The Morgan fingerprint density at radius 2 is 2.29 bits per heavy atom. The van der Waals surface area contributed by atoms with E-state index in [0.29, 0.717) is 5.82 Å². The number of pyridine rings is 1. The van der Waals surface area contributed by atoms with Gasteiger partial charge < -0.3 is 10.8 Å². The van der Waals surface area contributed by atoms with Crippen LogP contribution in [0.1, 0.15) is 24.8 Å². The van der Waals surface area contributed by atoms with Crippen LogP contribution in [0.25, 0.3) is 0 Å². The van der Waals surface area contributed by atoms with Crippen molar-refractivity contribution in [3.05, 3.63) is 23.9 Å². The van der Waals surface area contributed by atoms with E-state index >= 15 is 0 Å². The number of nitrogen functional groups attached to an aromatic ring is 1. The molecule has 0 saturated heterocycles. The standard InChI is InChI=1S/C9H12N2O2.ClH/c1-6(4-9(12)13)7-2-3-8(10)11-5-7;/h2-3,5-6H,4H2,1H3,(H2,10,11)(H,12,13);1H/t6-;/m0./s1. The molecule has 0 bridgehead atoms. The second-order valence-corrected chi connectivity index (χ2v) is 3.02. The Kier molecular flexibility index (Phi) is 4.94. The summed E-state index contributed by atoms with van der Waals surface area (Å²) < 4.78 is 0. The molecule has 5 heteroatoms. The number of nitrogens with two attached hydrogens (primary N) is 1. The highest BCUT2D eigenvalue weighted by molar-refractivity contribution is 5.85. The van der Waals surface area contributed by atoms with Crippen molar-refractivity contribution in [3.8, 4) is 0 Å². The molecular formula is C9H13ClN2O2. The van der Waals surface area contributed by atoms with Crippen LogP contribution in [0.3, 0.4) is 0 Å². The van der Waals surface area contributed by atoms with Crippen LogP contribution >= 0.6 is 12.4 Å². The summed E-state index contributed by atoms with van der Waals surface area (Å²) in [5.74, 6) is -0.374. The number of halogens is 1. The molecule has 0 fully saturated rings. The molecule has 0 aliphatic heterocycles. The fourth-order valence-electron chi connectivity index (χ4n) is 1.09. The van der Waals surface area contributed by atoms with Gasteiger partial charge in [-0.3, -0.25) is 4.79 Å². The first-order valence-corrected chi connectivity index (χ1v) is 4.03. The molecular weight excluding hydrogens is 204 g/mol. The topological polar surface area (TPSA) is 76.2 Å². The lowest BCUT2D eigenvalue weighted by Gasteiger charge is -2.07. The van der Waals surface area contributed by atoms with Crippen LogP contribution in [0.4, 0.5) is 5.82 Å². The Hall–Kier alpha value is -1.29. The second kappa shape index (κ2) is 5.44. The lowest BCUT2D eigenvalue weighted by molar-refractivity contribution is -0.137. The fourth-order valence-corrected chi connectivity index (χ4v) is 1.09. The van der Waals surface area contributed by atoms with Gasteiger partial charge in [0.2, 0.25) is 0 Å². The molecule has 0 aliphatic carbocycles. The second-order valence-electron chi connectivity index (χ2n) is 3.02. The average Bonchev–Trinajstić information content (AvgIpc) is 2.04. The third-order valence-corrected chi connectivity index (χ3v) is 1.86. The van der Waals surface area contributed by atoms with Crippen molar-refractivity contribution in [2.75, 3.05) is 5.73 Å². The van der Waals surface area contributed by atoms with E-state index in [1.807, 2.05) is 6.92 Å². The van der Waals surface area contributed by atoms with Crippen molar-refractivity contribution in [2.24, 2.45) is 0 Å². The number of nitrogens with zero attached hydrogens (tertiary/aromatic N) is 1. The van der Waals surface area contributed by atoms with Crippen molar-refractivity contribution in [3.63, 3.8) is 0 Å². The van der Waals surface area contributed by atoms with E-state index in [1.54, 1.807) is 18.3 Å². The number of anilines is 1. The summed E-state index contributed by atoms with van der Waals surface area (Å²) in [6.07, 6.45) is 1.73. The van der Waals surface area contributed by atoms with Gasteiger partial charge in [-0.05, 0) is 17.5 Å². The Balaban J connectivity index is 0.00000169. The Morgan fingerprint density at radius 3 is 2.71 bits per heavy atom. The third kappa shape index (κ3) is 3.62. The highest BCUT2D eigenvalue weighted by Gasteiger charge is 2.09. The van der Waals surface area contributed by atoms with Gasteiger partial charge in [0.25, 0.3) is 0 Å². The monoisotopic (exact) mass is 216 g/mol. The van der Waals surface area contributed by atoms with Gasteiger partial charge in [0.05, 0.1) is 6.42 Å². The molecule has 0 saturated carbocycles. The van der Waals surface area contributed by atoms with Gasteiger partial charge in [0.15, 0.2) is 0 Å². The van der Waals surface area contributed by atoms with Gasteiger partial charge in [-0.2, -0.15) is 0 Å². The summed E-state index contributed by atoms with van der Waals surface area (Å²) in [6.45, 7) is 1.85. The largest absolute Gasteiger partial charge is 0.481 e. The van der Waals surface area contributed by atoms with Crippen LogP contribution in [0.2, 0.25) is 0 Å². The molecule has 14 heavy (non-hydrogen) atoms. The molecule has 0 unspecified atom stereocenters. The van der Waals surface area contributed by atoms with E-state index < -0.39 is 5.97 Å². The van der Waals surface area contributed by atoms with Gasteiger partial charge in [-0.1, -0.05) is 13.0 Å². The summed E-state index contributed by atoms with van der Waals surface area (Å²) in [5, 5.41) is 8.55. The molecule has 0 radical (unpaired) electrons. The van der Waals surface area contributed by atoms with E-state index in [1.165, 1.54) is 0 Å². The molecule has 1 heterocycles. The zero-order valence-electron chi connectivity index (χ0n) is 7.80. The van der Waals surface area contributed by atoms with Crippen LogP contribution in [-0.2, 0) is 4.79 Å². The highest BCUT2D eigenvalue weighted by Crippen LogP contribution is 2.18. The van der Waals surface area contributed by atoms with E-state index in [4.69, 9.17) is 10.8 Å². The Labute approximate surface area is 88.6 Å². The first-order chi connectivity index (χ1) is 6.09. The van der Waals surface area contributed by atoms with Gasteiger partial charge in [0.1, 0.15) is 5.82 Å². The number of carboxylic acids is 1. The first-order valence-electron chi connectivity index (χ1n) is 4.03. The summed E-state index contributed by atoms with van der Waals surface area (Å²) >= 11 is 0. The van der Waals surface area contributed by atoms with Crippen molar-refractivity contribution < 1.29 is 9.90 Å². The third-order valence-electron chi connectivity index (χ3n) is 1.86. The predicted molar refractivity (Wildman–Crippen MR) is 56.6 cm³/mol. The number of carboxylic acid groups (broad SMARTS) is 1. The van der Waals surface area contributed by atoms with Gasteiger partial charge >= 0.3 is 5.97 Å². The number of aromatic nitrogens is 1. The molecule has 4 nitrogen and oxygen atoms in total. The lowest BCUT2D eigenvalue weighted by Crippen LogP contribution is -2.03. The molecule has 1 rings (SSSR count). The molecule has 3 N–H and O–H groups in total. The van der Waals surface area contributed by atoms with Crippen molar-refractivity contribution in [1.82, 2.24) is 4.98 Å². The minimum atomic E-state index is -0.802. The molecule has 1 atom stereocenters. The van der Waals surface area contributed by atoms with Crippen LogP contribution in [0, 0.1) is 0 Å². The maximum absolute atomic E-state index is 10.4. The summed E-state index contributed by atoms with van der Waals surface area (Å²) in [4.78, 5) is 14.3. The van der Waals surface area contributed by atoms with E-state index in [0.717, 1.165) is 5.56 Å². The number of hydrogen-bond donors (Lipinski definition) is 2. The van der Waals surface area contributed by atoms with Crippen molar-refractivity contribution in [2.45, 2.75) is 19.3 Å². The van der Waals surface area contributed by atoms with Crippen molar-refractivity contribution >= 4 is 24.2 Å². The fraction of sp³-hybridized carbons (Fsp3) is 0.333. The van der Waals surface area contributed by atoms with E-state index in [2.05, 4.69) is 4.98 Å². The Morgan fingerprint density at radius 1 is 1.64 bits per heavy atom. The minimum Gasteiger partial charge on any atom is -0.481 e. The first kappa shape index (κ1) is 12.7. The molecule has 0 amide bonds. The minimum absolute atomic E-state index is 0. The van der Waals surface area contributed by atoms with Crippen LogP contribution in [0.5, 0.6) is 0 Å². The number of rotatable bonds is 3. The maximum Gasteiger partial charge on any atom is 0.303 e. The van der Waals surface area contributed by atoms with Gasteiger partial charge in [-0.15, -0.1) is 12.4 Å². The van der Waals surface area contributed by atoms with Crippen LogP contribution < -0.4 is 5.73 Å². The zero-order valence-corrected chi connectivity index (χ0v) is 8.62. The van der Waals surface area contributed by atoms with Gasteiger partial charge in [-0.25, -0.2) is 4.98 Å². The summed E-state index contributed by atoms with van der Waals surface area (Å²) in [6, 6.07) is 3.48. The highest BCUT2D eigenvalue weighted by atomic mass is 35.5. The normalized spacial score (nSPS) is 11.5. The molecule has 1 aromatic heterocycles. The zero-order chi connectivity index (χ0) is 9.84. The summed E-state index contributed by atoms with van der Waals surface area (Å²) in [5.41, 5.74) is 6.30. The SMILES string of the molecule is C[C@@H](CC(=O)O)c1ccc(N)nc1.Cl. The van der Waals surface area contributed by atoms with Gasteiger partial charge in [0, 0.05) is 6.20 Å². The molecule has 0 aromatic carbocycles. The Bertz CT molecular complexity index is 300. The quantitative estimate of drug-likeness (QED) is 0.806. The maximum atomic E-state index is 10.4. The van der Waals surface area contributed by atoms with E-state index in [-0.39, 0.29) is 24.7 Å². The lowest BCUT2D eigenvalue weighted by atomic mass is 10.00. The smallest absolute Gasteiger partial charge is 0.303 e. The van der Waals surface area contributed by atoms with Crippen molar-refractivity contribution in [1.29, 1.82) is 0 Å². The number of carbonyl (C=O) groups is 1. The number of hydrogen-bond acceptors (Lipinski definition) is 3. The van der Waals surface area contributed by atoms with E-state index in [9.17, 15) is 4.79 Å². The molecule has 0 aliphatic rings. The predicted octanol–water partition coefficient (Wildman–Crippen LogP) is 1.66. The number of aliphatic carboxylic acids is 1. The molecule has 1 aromatic rings. The molecule has 0 spiro atoms. The summed E-state index contributed by atoms with van der Waals surface area (Å²) in [7, 11) is 0. The van der Waals surface area contributed by atoms with Crippen LogP contribution in [0.15, 0.2) is 18.3 Å². The average molecular weight is 217 g/mol.